The Bertz CT molecular complexity index is 879. The summed E-state index contributed by atoms with van der Waals surface area (Å²) in [6, 6.07) is 11.9. The van der Waals surface area contributed by atoms with Gasteiger partial charge < -0.3 is 0 Å². The fraction of sp³-hybridized carbons (Fsp3) is 0.200. The lowest BCUT2D eigenvalue weighted by Crippen LogP contribution is -2.59. The molecule has 0 spiro atoms. The van der Waals surface area contributed by atoms with Crippen LogP contribution in [0.5, 0.6) is 0 Å². The summed E-state index contributed by atoms with van der Waals surface area (Å²) in [5.41, 5.74) is 13.1. The minimum Gasteiger partial charge on any atom is -0.294 e. The summed E-state index contributed by atoms with van der Waals surface area (Å²) in [4.78, 5) is 0. The molecule has 0 bridgehead atoms. The average molecular weight is 477 g/mol. The lowest BCUT2D eigenvalue weighted by Gasteiger charge is -2.35. The van der Waals surface area contributed by atoms with Gasteiger partial charge in [0.25, 0.3) is 0 Å². The lowest BCUT2D eigenvalue weighted by molar-refractivity contribution is 0.0936. The third-order valence-electron chi connectivity index (χ3n) is 4.30. The molecule has 168 valence electrons. The minimum absolute atomic E-state index is 0.296. The van der Waals surface area contributed by atoms with Gasteiger partial charge in [-0.15, -0.1) is 0 Å². The fourth-order valence-electron chi connectivity index (χ4n) is 2.70. The Balaban J connectivity index is 1.31. The van der Waals surface area contributed by atoms with Crippen LogP contribution in [0, 0.1) is 11.6 Å². The number of benzene rings is 2. The van der Waals surface area contributed by atoms with E-state index in [1.807, 2.05) is 10.0 Å². The molecule has 4 N–H and O–H groups in total. The van der Waals surface area contributed by atoms with Crippen LogP contribution in [0.15, 0.2) is 58.7 Å². The van der Waals surface area contributed by atoms with E-state index in [2.05, 4.69) is 31.9 Å². The zero-order valence-electron chi connectivity index (χ0n) is 17.0. The molecule has 1 heterocycles. The topological polar surface area (TPSA) is 79.3 Å². The molecule has 2 aromatic rings. The number of halogens is 2. The van der Waals surface area contributed by atoms with Gasteiger partial charge in [-0.3, -0.25) is 21.7 Å². The number of hydrazine groups is 2. The molecule has 0 amide bonds. The van der Waals surface area contributed by atoms with E-state index in [9.17, 15) is 8.78 Å². The van der Waals surface area contributed by atoms with E-state index < -0.39 is 0 Å². The van der Waals surface area contributed by atoms with E-state index in [1.165, 1.54) is 24.3 Å². The van der Waals surface area contributed by atoms with E-state index in [4.69, 9.17) is 24.4 Å². The van der Waals surface area contributed by atoms with Crippen LogP contribution in [-0.4, -0.2) is 58.9 Å². The third-order valence-corrected chi connectivity index (χ3v) is 4.66. The fourth-order valence-corrected chi connectivity index (χ4v) is 3.06. The molecule has 3 rings (SSSR count). The number of hydrogen-bond donors (Lipinski definition) is 4. The smallest absolute Gasteiger partial charge is 0.201 e. The Morgan fingerprint density at radius 1 is 0.688 bits per heavy atom. The molecule has 8 nitrogen and oxygen atoms in total. The number of nitrogens with one attached hydrogen (secondary N) is 4. The molecule has 1 saturated heterocycles. The zero-order valence-corrected chi connectivity index (χ0v) is 18.6. The van der Waals surface area contributed by atoms with Gasteiger partial charge in [-0.1, -0.05) is 24.3 Å². The SMILES string of the molecule is Fc1ccc(/C=N/NC(=S)NN2CCN(NC(=S)N/N=C/c3ccc(F)cc3)CC2)cc1. The van der Waals surface area contributed by atoms with Gasteiger partial charge in [-0.05, 0) is 59.8 Å². The molecule has 32 heavy (non-hydrogen) atoms. The first-order valence-electron chi connectivity index (χ1n) is 9.68. The maximum absolute atomic E-state index is 12.9. The van der Waals surface area contributed by atoms with Crippen LogP contribution in [0.4, 0.5) is 8.78 Å². The Morgan fingerprint density at radius 3 is 1.38 bits per heavy atom. The van der Waals surface area contributed by atoms with E-state index in [0.717, 1.165) is 11.1 Å². The molecule has 0 aliphatic carbocycles. The first-order chi connectivity index (χ1) is 15.5. The normalized spacial score (nSPS) is 15.1. The van der Waals surface area contributed by atoms with Gasteiger partial charge in [0.1, 0.15) is 11.6 Å². The van der Waals surface area contributed by atoms with Gasteiger partial charge in [0.05, 0.1) is 12.4 Å². The molecule has 1 fully saturated rings. The summed E-state index contributed by atoms with van der Waals surface area (Å²) in [6.45, 7) is 2.77. The van der Waals surface area contributed by atoms with Crippen LogP contribution in [-0.2, 0) is 0 Å². The van der Waals surface area contributed by atoms with Crippen LogP contribution in [0.25, 0.3) is 0 Å². The summed E-state index contributed by atoms with van der Waals surface area (Å²) in [6.07, 6.45) is 3.11. The highest BCUT2D eigenvalue weighted by atomic mass is 32.1. The maximum Gasteiger partial charge on any atom is 0.201 e. The summed E-state index contributed by atoms with van der Waals surface area (Å²) >= 11 is 10.5. The van der Waals surface area contributed by atoms with E-state index in [-0.39, 0.29) is 11.6 Å². The van der Waals surface area contributed by atoms with E-state index >= 15 is 0 Å². The van der Waals surface area contributed by atoms with Gasteiger partial charge in [0.15, 0.2) is 0 Å². The number of hydrogen-bond acceptors (Lipinski definition) is 6. The third kappa shape index (κ3) is 8.23. The molecule has 12 heteroatoms. The molecule has 0 radical (unpaired) electrons. The van der Waals surface area contributed by atoms with E-state index in [0.29, 0.717) is 36.4 Å². The highest BCUT2D eigenvalue weighted by molar-refractivity contribution is 7.80. The maximum atomic E-state index is 12.9. The number of piperazine rings is 1. The van der Waals surface area contributed by atoms with Crippen molar-refractivity contribution in [3.63, 3.8) is 0 Å². The second-order valence-corrected chi connectivity index (χ2v) is 7.52. The van der Waals surface area contributed by atoms with Crippen molar-refractivity contribution in [3.05, 3.63) is 71.3 Å². The number of rotatable bonds is 6. The number of thiocarbonyl (C=S) groups is 2. The highest BCUT2D eigenvalue weighted by Gasteiger charge is 2.17. The summed E-state index contributed by atoms with van der Waals surface area (Å²) in [5, 5.41) is 12.7. The van der Waals surface area contributed by atoms with Crippen molar-refractivity contribution >= 4 is 47.1 Å². The number of nitrogens with zero attached hydrogens (tertiary/aromatic N) is 4. The average Bonchev–Trinajstić information content (AvgIpc) is 2.78. The predicted molar refractivity (Wildman–Crippen MR) is 129 cm³/mol. The van der Waals surface area contributed by atoms with Gasteiger partial charge >= 0.3 is 0 Å². The standard InChI is InChI=1S/C20H22F2N8S2/c21-17-5-1-15(2-6-17)13-23-25-19(31)27-29-9-11-30(12-10-29)28-20(32)26-24-14-16-3-7-18(22)8-4-16/h1-8,13-14H,9-12H2,(H2,25,27,31)(H2,26,28,32)/b23-13+,24-14+. The van der Waals surface area contributed by atoms with Gasteiger partial charge in [0, 0.05) is 26.2 Å². The Kier molecular flexibility index (Phi) is 8.92. The summed E-state index contributed by atoms with van der Waals surface area (Å²) < 4.78 is 25.8. The molecule has 0 aromatic heterocycles. The second-order valence-electron chi connectivity index (χ2n) is 6.70. The van der Waals surface area contributed by atoms with Crippen molar-refractivity contribution in [3.8, 4) is 0 Å². The molecule has 2 aromatic carbocycles. The molecule has 0 atom stereocenters. The highest BCUT2D eigenvalue weighted by Crippen LogP contribution is 2.01. The number of hydrazone groups is 2. The quantitative estimate of drug-likeness (QED) is 0.285. The van der Waals surface area contributed by atoms with Crippen molar-refractivity contribution in [1.82, 2.24) is 31.7 Å². The van der Waals surface area contributed by atoms with Crippen molar-refractivity contribution in [2.45, 2.75) is 0 Å². The molecule has 0 unspecified atom stereocenters. The van der Waals surface area contributed by atoms with Gasteiger partial charge in [-0.25, -0.2) is 18.8 Å². The summed E-state index contributed by atoms with van der Waals surface area (Å²) in [5.74, 6) is -0.592. The van der Waals surface area contributed by atoms with Crippen LogP contribution < -0.4 is 21.7 Å². The van der Waals surface area contributed by atoms with Crippen LogP contribution in [0.1, 0.15) is 11.1 Å². The van der Waals surface area contributed by atoms with Crippen molar-refractivity contribution < 1.29 is 8.78 Å². The molecule has 1 aliphatic heterocycles. The lowest BCUT2D eigenvalue weighted by atomic mass is 10.2. The first-order valence-corrected chi connectivity index (χ1v) is 10.5. The Morgan fingerprint density at radius 2 is 1.03 bits per heavy atom. The monoisotopic (exact) mass is 476 g/mol. The largest absolute Gasteiger partial charge is 0.294 e. The second kappa shape index (κ2) is 12.1. The molecular weight excluding hydrogens is 454 g/mol. The zero-order chi connectivity index (χ0) is 22.8. The van der Waals surface area contributed by atoms with Crippen molar-refractivity contribution in [2.75, 3.05) is 26.2 Å². The molecule has 0 saturated carbocycles. The molecule has 1 aliphatic rings. The van der Waals surface area contributed by atoms with Gasteiger partial charge in [0.2, 0.25) is 10.2 Å². The molecular formula is C20H22F2N8S2. The van der Waals surface area contributed by atoms with E-state index in [1.54, 1.807) is 36.7 Å². The Hall–Kier alpha value is -3.06. The van der Waals surface area contributed by atoms with Gasteiger partial charge in [-0.2, -0.15) is 10.2 Å². The first kappa shape index (κ1) is 23.6. The van der Waals surface area contributed by atoms with Crippen molar-refractivity contribution in [1.29, 1.82) is 0 Å². The van der Waals surface area contributed by atoms with Crippen LogP contribution >= 0.6 is 24.4 Å². The Labute approximate surface area is 195 Å². The van der Waals surface area contributed by atoms with Crippen LogP contribution in [0.2, 0.25) is 0 Å². The summed E-state index contributed by atoms with van der Waals surface area (Å²) in [7, 11) is 0. The minimum atomic E-state index is -0.296. The van der Waals surface area contributed by atoms with Crippen molar-refractivity contribution in [2.24, 2.45) is 10.2 Å². The van der Waals surface area contributed by atoms with Crippen LogP contribution in [0.3, 0.4) is 0 Å². The predicted octanol–water partition coefficient (Wildman–Crippen LogP) is 1.71.